The molecule has 62 valence electrons. The van der Waals surface area contributed by atoms with Gasteiger partial charge in [-0.1, -0.05) is 34.1 Å². The van der Waals surface area contributed by atoms with Gasteiger partial charge < -0.3 is 5.11 Å². The van der Waals surface area contributed by atoms with Crippen LogP contribution in [0.4, 0.5) is 0 Å². The second-order valence-corrected chi connectivity index (χ2v) is 3.58. The molecule has 2 atom stereocenters. The topological polar surface area (TPSA) is 20.2 Å². The van der Waals surface area contributed by atoms with Gasteiger partial charge in [0.1, 0.15) is 0 Å². The standard InChI is InChI=1S/C9H20O/c1-5-8(4)9(10)6-7(2)3/h7-10H,5-6H2,1-4H3/t8-,9+/m1/s1. The highest BCUT2D eigenvalue weighted by Gasteiger charge is 2.12. The lowest BCUT2D eigenvalue weighted by molar-refractivity contribution is 0.0928. The molecule has 0 aromatic carbocycles. The van der Waals surface area contributed by atoms with E-state index in [2.05, 4.69) is 27.7 Å². The zero-order chi connectivity index (χ0) is 8.15. The molecule has 0 rings (SSSR count). The summed E-state index contributed by atoms with van der Waals surface area (Å²) in [7, 11) is 0. The Morgan fingerprint density at radius 3 is 2.00 bits per heavy atom. The van der Waals surface area contributed by atoms with E-state index in [1.807, 2.05) is 0 Å². The van der Waals surface area contributed by atoms with Crippen molar-refractivity contribution in [3.63, 3.8) is 0 Å². The second kappa shape index (κ2) is 4.73. The van der Waals surface area contributed by atoms with Crippen molar-refractivity contribution in [2.24, 2.45) is 11.8 Å². The van der Waals surface area contributed by atoms with Crippen LogP contribution in [0.15, 0.2) is 0 Å². The van der Waals surface area contributed by atoms with Crippen molar-refractivity contribution < 1.29 is 5.11 Å². The lowest BCUT2D eigenvalue weighted by atomic mass is 9.94. The van der Waals surface area contributed by atoms with E-state index in [0.29, 0.717) is 11.8 Å². The average Bonchev–Trinajstić information content (AvgIpc) is 1.85. The van der Waals surface area contributed by atoms with Gasteiger partial charge in [-0.05, 0) is 18.3 Å². The van der Waals surface area contributed by atoms with Crippen LogP contribution in [0, 0.1) is 11.8 Å². The van der Waals surface area contributed by atoms with Gasteiger partial charge in [-0.3, -0.25) is 0 Å². The van der Waals surface area contributed by atoms with E-state index in [1.165, 1.54) is 0 Å². The second-order valence-electron chi connectivity index (χ2n) is 3.58. The van der Waals surface area contributed by atoms with Crippen molar-refractivity contribution in [3.05, 3.63) is 0 Å². The fourth-order valence-corrected chi connectivity index (χ4v) is 0.987. The lowest BCUT2D eigenvalue weighted by Crippen LogP contribution is -2.18. The quantitative estimate of drug-likeness (QED) is 0.642. The van der Waals surface area contributed by atoms with Gasteiger partial charge in [-0.25, -0.2) is 0 Å². The van der Waals surface area contributed by atoms with Crippen LogP contribution < -0.4 is 0 Å². The van der Waals surface area contributed by atoms with E-state index < -0.39 is 0 Å². The lowest BCUT2D eigenvalue weighted by Gasteiger charge is -2.18. The summed E-state index contributed by atoms with van der Waals surface area (Å²) >= 11 is 0. The summed E-state index contributed by atoms with van der Waals surface area (Å²) in [4.78, 5) is 0. The first-order chi connectivity index (χ1) is 4.57. The van der Waals surface area contributed by atoms with Crippen LogP contribution in [-0.4, -0.2) is 11.2 Å². The highest BCUT2D eigenvalue weighted by atomic mass is 16.3. The van der Waals surface area contributed by atoms with E-state index in [4.69, 9.17) is 0 Å². The molecule has 0 aromatic heterocycles. The Hall–Kier alpha value is -0.0400. The summed E-state index contributed by atoms with van der Waals surface area (Å²) in [6.45, 7) is 8.51. The molecule has 0 saturated carbocycles. The van der Waals surface area contributed by atoms with Crippen molar-refractivity contribution in [3.8, 4) is 0 Å². The Kier molecular flexibility index (Phi) is 4.71. The van der Waals surface area contributed by atoms with Gasteiger partial charge >= 0.3 is 0 Å². The molecule has 0 amide bonds. The maximum absolute atomic E-state index is 9.49. The number of aliphatic hydroxyl groups is 1. The molecule has 0 aromatic rings. The molecule has 0 bridgehead atoms. The Morgan fingerprint density at radius 1 is 1.20 bits per heavy atom. The number of hydrogen-bond acceptors (Lipinski definition) is 1. The largest absolute Gasteiger partial charge is 0.393 e. The minimum Gasteiger partial charge on any atom is -0.393 e. The SMILES string of the molecule is CC[C@@H](C)[C@@H](O)CC(C)C. The van der Waals surface area contributed by atoms with Gasteiger partial charge in [-0.2, -0.15) is 0 Å². The fraction of sp³-hybridized carbons (Fsp3) is 1.00. The smallest absolute Gasteiger partial charge is 0.0568 e. The highest BCUT2D eigenvalue weighted by Crippen LogP contribution is 2.14. The van der Waals surface area contributed by atoms with E-state index in [0.717, 1.165) is 12.8 Å². The van der Waals surface area contributed by atoms with Crippen molar-refractivity contribution >= 4 is 0 Å². The molecule has 0 aliphatic rings. The first-order valence-electron chi connectivity index (χ1n) is 4.26. The minimum atomic E-state index is -0.0926. The molecule has 1 nitrogen and oxygen atoms in total. The van der Waals surface area contributed by atoms with Crippen LogP contribution in [0.3, 0.4) is 0 Å². The highest BCUT2D eigenvalue weighted by molar-refractivity contribution is 4.64. The first kappa shape index (κ1) is 9.96. The molecule has 0 aliphatic heterocycles. The third-order valence-electron chi connectivity index (χ3n) is 2.01. The predicted molar refractivity (Wildman–Crippen MR) is 44.9 cm³/mol. The summed E-state index contributed by atoms with van der Waals surface area (Å²) < 4.78 is 0. The van der Waals surface area contributed by atoms with Crippen molar-refractivity contribution in [1.82, 2.24) is 0 Å². The summed E-state index contributed by atoms with van der Waals surface area (Å²) in [6, 6.07) is 0. The number of aliphatic hydroxyl groups excluding tert-OH is 1. The van der Waals surface area contributed by atoms with Gasteiger partial charge in [0.05, 0.1) is 6.10 Å². The van der Waals surface area contributed by atoms with Crippen LogP contribution in [-0.2, 0) is 0 Å². The van der Waals surface area contributed by atoms with Gasteiger partial charge in [0.15, 0.2) is 0 Å². The Balaban J connectivity index is 3.50. The fourth-order valence-electron chi connectivity index (χ4n) is 0.987. The molecular weight excluding hydrogens is 124 g/mol. The maximum atomic E-state index is 9.49. The predicted octanol–water partition coefficient (Wildman–Crippen LogP) is 2.44. The molecule has 1 heteroatoms. The summed E-state index contributed by atoms with van der Waals surface area (Å²) in [5.74, 6) is 1.08. The first-order valence-corrected chi connectivity index (χ1v) is 4.26. The summed E-state index contributed by atoms with van der Waals surface area (Å²) in [5.41, 5.74) is 0. The molecule has 0 unspecified atom stereocenters. The van der Waals surface area contributed by atoms with E-state index in [9.17, 15) is 5.11 Å². The Bertz CT molecular complexity index is 78.8. The molecule has 10 heavy (non-hydrogen) atoms. The van der Waals surface area contributed by atoms with Crippen LogP contribution in [0.2, 0.25) is 0 Å². The molecule has 0 aliphatic carbocycles. The normalized spacial score (nSPS) is 17.4. The molecule has 0 heterocycles. The number of rotatable bonds is 4. The summed E-state index contributed by atoms with van der Waals surface area (Å²) in [5, 5.41) is 9.49. The Labute approximate surface area is 64.5 Å². The van der Waals surface area contributed by atoms with Gasteiger partial charge in [0.2, 0.25) is 0 Å². The monoisotopic (exact) mass is 144 g/mol. The molecular formula is C9H20O. The van der Waals surface area contributed by atoms with Crippen LogP contribution in [0.25, 0.3) is 0 Å². The molecule has 0 fully saturated rings. The van der Waals surface area contributed by atoms with Crippen LogP contribution in [0.5, 0.6) is 0 Å². The van der Waals surface area contributed by atoms with Gasteiger partial charge in [-0.15, -0.1) is 0 Å². The number of hydrogen-bond donors (Lipinski definition) is 1. The molecule has 0 saturated heterocycles. The van der Waals surface area contributed by atoms with Crippen LogP contribution >= 0.6 is 0 Å². The van der Waals surface area contributed by atoms with E-state index in [-0.39, 0.29) is 6.10 Å². The van der Waals surface area contributed by atoms with Gasteiger partial charge in [0, 0.05) is 0 Å². The summed E-state index contributed by atoms with van der Waals surface area (Å²) in [6.07, 6.45) is 1.92. The van der Waals surface area contributed by atoms with E-state index >= 15 is 0 Å². The zero-order valence-corrected chi connectivity index (χ0v) is 7.59. The van der Waals surface area contributed by atoms with Crippen molar-refractivity contribution in [2.75, 3.05) is 0 Å². The third kappa shape index (κ3) is 3.89. The zero-order valence-electron chi connectivity index (χ0n) is 7.59. The maximum Gasteiger partial charge on any atom is 0.0568 e. The minimum absolute atomic E-state index is 0.0926. The van der Waals surface area contributed by atoms with Crippen LogP contribution in [0.1, 0.15) is 40.5 Å². The molecule has 0 radical (unpaired) electrons. The Morgan fingerprint density at radius 2 is 1.70 bits per heavy atom. The molecule has 1 N–H and O–H groups in total. The average molecular weight is 144 g/mol. The van der Waals surface area contributed by atoms with E-state index in [1.54, 1.807) is 0 Å². The van der Waals surface area contributed by atoms with Gasteiger partial charge in [0.25, 0.3) is 0 Å². The van der Waals surface area contributed by atoms with Crippen molar-refractivity contribution in [2.45, 2.75) is 46.6 Å². The van der Waals surface area contributed by atoms with Crippen molar-refractivity contribution in [1.29, 1.82) is 0 Å². The third-order valence-corrected chi connectivity index (χ3v) is 2.01. The molecule has 0 spiro atoms.